The Bertz CT molecular complexity index is 837. The van der Waals surface area contributed by atoms with Crippen LogP contribution in [0.15, 0.2) is 42.5 Å². The van der Waals surface area contributed by atoms with Crippen molar-refractivity contribution in [2.45, 2.75) is 50.1 Å². The number of piperidine rings is 1. The lowest BCUT2D eigenvalue weighted by atomic mass is 9.85. The summed E-state index contributed by atoms with van der Waals surface area (Å²) in [6, 6.07) is 13.1. The van der Waals surface area contributed by atoms with Gasteiger partial charge in [-0.3, -0.25) is 4.79 Å². The molecule has 2 aromatic rings. The van der Waals surface area contributed by atoms with Gasteiger partial charge < -0.3 is 14.4 Å². The third kappa shape index (κ3) is 3.58. The molecule has 28 heavy (non-hydrogen) atoms. The van der Waals surface area contributed by atoms with Crippen molar-refractivity contribution in [1.82, 2.24) is 4.90 Å². The highest BCUT2D eigenvalue weighted by atomic mass is 19.1. The second kappa shape index (κ2) is 7.82. The summed E-state index contributed by atoms with van der Waals surface area (Å²) in [4.78, 5) is 15.2. The molecule has 0 N–H and O–H groups in total. The molecule has 2 saturated heterocycles. The highest BCUT2D eigenvalue weighted by molar-refractivity contribution is 5.80. The van der Waals surface area contributed by atoms with Crippen molar-refractivity contribution >= 4 is 5.91 Å². The topological polar surface area (TPSA) is 38.8 Å². The van der Waals surface area contributed by atoms with Crippen LogP contribution in [0.1, 0.15) is 42.7 Å². The van der Waals surface area contributed by atoms with E-state index in [1.807, 2.05) is 30.3 Å². The van der Waals surface area contributed by atoms with Crippen molar-refractivity contribution < 1.29 is 18.7 Å². The molecule has 148 valence electrons. The number of carbonyl (C=O) groups is 1. The number of methoxy groups -OCH3 is 2. The van der Waals surface area contributed by atoms with Gasteiger partial charge in [0.1, 0.15) is 5.82 Å². The van der Waals surface area contributed by atoms with Crippen LogP contribution in [0.3, 0.4) is 0 Å². The van der Waals surface area contributed by atoms with Gasteiger partial charge >= 0.3 is 0 Å². The SMILES string of the molecule is COc1ccc(CC(=O)N2C3CCC2CC(c2ccc(F)cc2)C3)cc1OC. The second-order valence-electron chi connectivity index (χ2n) is 7.77. The summed E-state index contributed by atoms with van der Waals surface area (Å²) in [6.45, 7) is 0. The Labute approximate surface area is 165 Å². The molecule has 4 rings (SSSR count). The molecule has 0 saturated carbocycles. The van der Waals surface area contributed by atoms with Crippen LogP contribution in [0.2, 0.25) is 0 Å². The molecule has 0 spiro atoms. The fourth-order valence-electron chi connectivity index (χ4n) is 4.85. The molecule has 2 aliphatic heterocycles. The molecule has 2 aliphatic rings. The zero-order valence-electron chi connectivity index (χ0n) is 16.4. The molecular formula is C23H26FNO3. The molecule has 2 unspecified atom stereocenters. The van der Waals surface area contributed by atoms with Crippen molar-refractivity contribution in [3.05, 3.63) is 59.4 Å². The van der Waals surface area contributed by atoms with Gasteiger partial charge in [-0.2, -0.15) is 0 Å². The molecule has 2 heterocycles. The molecule has 0 aliphatic carbocycles. The smallest absolute Gasteiger partial charge is 0.227 e. The molecule has 0 aromatic heterocycles. The van der Waals surface area contributed by atoms with Gasteiger partial charge in [0.25, 0.3) is 0 Å². The van der Waals surface area contributed by atoms with E-state index < -0.39 is 0 Å². The van der Waals surface area contributed by atoms with E-state index >= 15 is 0 Å². The quantitative estimate of drug-likeness (QED) is 0.772. The zero-order valence-corrected chi connectivity index (χ0v) is 16.4. The van der Waals surface area contributed by atoms with Crippen molar-refractivity contribution in [1.29, 1.82) is 0 Å². The fourth-order valence-corrected chi connectivity index (χ4v) is 4.85. The van der Waals surface area contributed by atoms with E-state index in [4.69, 9.17) is 9.47 Å². The Morgan fingerprint density at radius 2 is 1.64 bits per heavy atom. The minimum absolute atomic E-state index is 0.178. The van der Waals surface area contributed by atoms with Gasteiger partial charge in [0.05, 0.1) is 20.6 Å². The van der Waals surface area contributed by atoms with Gasteiger partial charge in [-0.05, 0) is 67.0 Å². The van der Waals surface area contributed by atoms with Crippen LogP contribution in [-0.4, -0.2) is 37.1 Å². The lowest BCUT2D eigenvalue weighted by Crippen LogP contribution is -2.46. The summed E-state index contributed by atoms with van der Waals surface area (Å²) in [5, 5.41) is 0. The van der Waals surface area contributed by atoms with Gasteiger partial charge in [0.15, 0.2) is 11.5 Å². The first kappa shape index (κ1) is 18.8. The van der Waals surface area contributed by atoms with Crippen LogP contribution < -0.4 is 9.47 Å². The monoisotopic (exact) mass is 383 g/mol. The average Bonchev–Trinajstić information content (AvgIpc) is 2.98. The zero-order chi connectivity index (χ0) is 19.7. The fraction of sp³-hybridized carbons (Fsp3) is 0.435. The summed E-state index contributed by atoms with van der Waals surface area (Å²) in [5.74, 6) is 1.69. The second-order valence-corrected chi connectivity index (χ2v) is 7.77. The molecule has 2 fully saturated rings. The van der Waals surface area contributed by atoms with Gasteiger partial charge in [-0.1, -0.05) is 18.2 Å². The van der Waals surface area contributed by atoms with Gasteiger partial charge in [-0.15, -0.1) is 0 Å². The van der Waals surface area contributed by atoms with E-state index in [-0.39, 0.29) is 23.8 Å². The van der Waals surface area contributed by atoms with Crippen LogP contribution in [0.4, 0.5) is 4.39 Å². The number of hydrogen-bond donors (Lipinski definition) is 0. The maximum Gasteiger partial charge on any atom is 0.227 e. The van der Waals surface area contributed by atoms with E-state index in [1.165, 1.54) is 17.7 Å². The highest BCUT2D eigenvalue weighted by Crippen LogP contribution is 2.43. The first-order valence-electron chi connectivity index (χ1n) is 9.86. The number of fused-ring (bicyclic) bond motifs is 2. The Kier molecular flexibility index (Phi) is 5.25. The number of halogens is 1. The van der Waals surface area contributed by atoms with Crippen molar-refractivity contribution in [2.75, 3.05) is 14.2 Å². The Hall–Kier alpha value is -2.56. The first-order chi connectivity index (χ1) is 13.6. The number of benzene rings is 2. The Morgan fingerprint density at radius 3 is 2.25 bits per heavy atom. The molecular weight excluding hydrogens is 357 g/mol. The van der Waals surface area contributed by atoms with Crippen LogP contribution >= 0.6 is 0 Å². The van der Waals surface area contributed by atoms with E-state index in [0.29, 0.717) is 23.8 Å². The maximum atomic E-state index is 13.2. The lowest BCUT2D eigenvalue weighted by molar-refractivity contribution is -0.135. The van der Waals surface area contributed by atoms with Gasteiger partial charge in [-0.25, -0.2) is 4.39 Å². The maximum absolute atomic E-state index is 13.2. The molecule has 2 bridgehead atoms. The van der Waals surface area contributed by atoms with Crippen LogP contribution in [0.5, 0.6) is 11.5 Å². The highest BCUT2D eigenvalue weighted by Gasteiger charge is 2.43. The number of rotatable bonds is 5. The van der Waals surface area contributed by atoms with Gasteiger partial charge in [0, 0.05) is 12.1 Å². The Morgan fingerprint density at radius 1 is 1.00 bits per heavy atom. The van der Waals surface area contributed by atoms with Crippen LogP contribution in [0.25, 0.3) is 0 Å². The minimum atomic E-state index is -0.200. The third-order valence-corrected chi connectivity index (χ3v) is 6.17. The molecule has 2 atom stereocenters. The predicted molar refractivity (Wildman–Crippen MR) is 105 cm³/mol. The van der Waals surface area contributed by atoms with E-state index in [0.717, 1.165) is 31.2 Å². The molecule has 5 heteroatoms. The number of carbonyl (C=O) groups excluding carboxylic acids is 1. The normalized spacial score (nSPS) is 23.5. The molecule has 1 amide bonds. The largest absolute Gasteiger partial charge is 0.493 e. The Balaban J connectivity index is 1.46. The standard InChI is InChI=1S/C23H26FNO3/c1-27-21-10-3-15(11-22(21)28-2)12-23(26)25-19-8-9-20(25)14-17(13-19)16-4-6-18(24)7-5-16/h3-7,10-11,17,19-20H,8-9,12-14H2,1-2H3. The van der Waals surface area contributed by atoms with E-state index in [9.17, 15) is 9.18 Å². The van der Waals surface area contributed by atoms with Crippen LogP contribution in [0, 0.1) is 5.82 Å². The summed E-state index contributed by atoms with van der Waals surface area (Å²) in [6.07, 6.45) is 4.40. The summed E-state index contributed by atoms with van der Waals surface area (Å²) >= 11 is 0. The summed E-state index contributed by atoms with van der Waals surface area (Å²) in [5.41, 5.74) is 2.12. The first-order valence-corrected chi connectivity index (χ1v) is 9.86. The summed E-state index contributed by atoms with van der Waals surface area (Å²) < 4.78 is 23.9. The number of ether oxygens (including phenoxy) is 2. The van der Waals surface area contributed by atoms with Crippen molar-refractivity contribution in [2.24, 2.45) is 0 Å². The van der Waals surface area contributed by atoms with Gasteiger partial charge in [0.2, 0.25) is 5.91 Å². The lowest BCUT2D eigenvalue weighted by Gasteiger charge is -2.39. The number of nitrogens with zero attached hydrogens (tertiary/aromatic N) is 1. The molecule has 4 nitrogen and oxygen atoms in total. The minimum Gasteiger partial charge on any atom is -0.493 e. The number of amides is 1. The van der Waals surface area contributed by atoms with Crippen molar-refractivity contribution in [3.63, 3.8) is 0 Å². The number of hydrogen-bond acceptors (Lipinski definition) is 3. The molecule has 2 aromatic carbocycles. The van der Waals surface area contributed by atoms with E-state index in [2.05, 4.69) is 4.90 Å². The summed E-state index contributed by atoms with van der Waals surface area (Å²) in [7, 11) is 3.20. The van der Waals surface area contributed by atoms with Crippen LogP contribution in [-0.2, 0) is 11.2 Å². The molecule has 0 radical (unpaired) electrons. The third-order valence-electron chi connectivity index (χ3n) is 6.17. The van der Waals surface area contributed by atoms with E-state index in [1.54, 1.807) is 14.2 Å². The average molecular weight is 383 g/mol. The van der Waals surface area contributed by atoms with Crippen molar-refractivity contribution in [3.8, 4) is 11.5 Å². The predicted octanol–water partition coefficient (Wildman–Crippen LogP) is 4.32.